The third kappa shape index (κ3) is 5.83. The van der Waals surface area contributed by atoms with Crippen molar-refractivity contribution in [1.29, 1.82) is 0 Å². The molecule has 8 heteroatoms. The molecular weight excluding hydrogens is 384 g/mol. The molecule has 8 nitrogen and oxygen atoms in total. The number of aliphatic hydroxyl groups is 1. The zero-order valence-corrected chi connectivity index (χ0v) is 18.4. The number of hydrogen-bond donors (Lipinski definition) is 3. The van der Waals surface area contributed by atoms with Crippen LogP contribution >= 0.6 is 0 Å². The van der Waals surface area contributed by atoms with Crippen molar-refractivity contribution in [2.45, 2.75) is 63.8 Å². The van der Waals surface area contributed by atoms with E-state index in [4.69, 9.17) is 10.5 Å². The molecule has 3 atom stereocenters. The lowest BCUT2D eigenvalue weighted by molar-refractivity contribution is -0.132. The zero-order chi connectivity index (χ0) is 21.9. The van der Waals surface area contributed by atoms with E-state index in [9.17, 15) is 14.7 Å². The molecule has 0 aromatic heterocycles. The van der Waals surface area contributed by atoms with E-state index in [-0.39, 0.29) is 24.9 Å². The number of allylic oxidation sites excluding steroid dienone is 2. The van der Waals surface area contributed by atoms with Crippen molar-refractivity contribution in [3.05, 3.63) is 23.8 Å². The number of alkyl carbamates (subject to hydrolysis) is 1. The highest BCUT2D eigenvalue weighted by Gasteiger charge is 2.47. The maximum Gasteiger partial charge on any atom is 0.408 e. The average molecular weight is 421 g/mol. The van der Waals surface area contributed by atoms with E-state index in [1.807, 2.05) is 12.2 Å². The van der Waals surface area contributed by atoms with Crippen LogP contribution in [0.1, 0.15) is 46.5 Å². The molecule has 30 heavy (non-hydrogen) atoms. The minimum atomic E-state index is -1.07. The van der Waals surface area contributed by atoms with Crippen LogP contribution < -0.4 is 11.1 Å². The smallest absolute Gasteiger partial charge is 0.408 e. The predicted octanol–water partition coefficient (Wildman–Crippen LogP) is 1.36. The number of nitrogens with one attached hydrogen (secondary N) is 1. The summed E-state index contributed by atoms with van der Waals surface area (Å²) in [4.78, 5) is 28.3. The number of amides is 2. The maximum atomic E-state index is 12.6. The van der Waals surface area contributed by atoms with E-state index in [1.165, 1.54) is 23.3 Å². The second-order valence-electron chi connectivity index (χ2n) is 9.76. The van der Waals surface area contributed by atoms with Gasteiger partial charge in [-0.2, -0.15) is 0 Å². The van der Waals surface area contributed by atoms with Gasteiger partial charge in [-0.05, 0) is 53.1 Å². The van der Waals surface area contributed by atoms with Crippen LogP contribution in [0.2, 0.25) is 0 Å². The highest BCUT2D eigenvalue weighted by molar-refractivity contribution is 5.83. The zero-order valence-electron chi connectivity index (χ0n) is 18.4. The van der Waals surface area contributed by atoms with Gasteiger partial charge >= 0.3 is 6.09 Å². The standard InChI is InChI=1S/C22H36N4O4/c1-21(2,3)30-20(28)24-13-19(27)26-15-22(29,12-18(26)23)17-8-6-7-16(11-17)14-25-9-4-5-10-25/h6-8,17-18,29H,4-5,9-15,23H2,1-3H3,(H,24,28)/t17?,18?,22-/m0/s1. The first-order chi connectivity index (χ1) is 14.1. The molecule has 2 saturated heterocycles. The fourth-order valence-electron chi connectivity index (χ4n) is 4.51. The molecule has 0 saturated carbocycles. The summed E-state index contributed by atoms with van der Waals surface area (Å²) in [6.07, 6.45) is 8.53. The highest BCUT2D eigenvalue weighted by Crippen LogP contribution is 2.37. The van der Waals surface area contributed by atoms with Crippen LogP contribution in [0.4, 0.5) is 4.79 Å². The van der Waals surface area contributed by atoms with Gasteiger partial charge in [-0.25, -0.2) is 4.79 Å². The van der Waals surface area contributed by atoms with Gasteiger partial charge < -0.3 is 25.8 Å². The number of β-amino-alcohol motifs (C(OH)–C–C–N with tert-alkyl or cyclic N) is 1. The molecule has 0 spiro atoms. The molecule has 0 aromatic rings. The Kier molecular flexibility index (Phi) is 6.89. The van der Waals surface area contributed by atoms with Crippen molar-refractivity contribution < 1.29 is 19.4 Å². The van der Waals surface area contributed by atoms with E-state index in [2.05, 4.69) is 16.3 Å². The maximum absolute atomic E-state index is 12.6. The molecule has 4 N–H and O–H groups in total. The normalized spacial score (nSPS) is 29.8. The number of ether oxygens (including phenoxy) is 1. The van der Waals surface area contributed by atoms with Gasteiger partial charge in [-0.15, -0.1) is 0 Å². The van der Waals surface area contributed by atoms with Gasteiger partial charge in [0.05, 0.1) is 18.3 Å². The Labute approximate surface area is 179 Å². The van der Waals surface area contributed by atoms with Gasteiger partial charge in [0, 0.05) is 18.9 Å². The van der Waals surface area contributed by atoms with E-state index >= 15 is 0 Å². The molecule has 1 aliphatic carbocycles. The monoisotopic (exact) mass is 420 g/mol. The van der Waals surface area contributed by atoms with Crippen LogP contribution in [0, 0.1) is 5.92 Å². The average Bonchev–Trinajstić information content (AvgIpc) is 3.26. The minimum absolute atomic E-state index is 0.0808. The molecule has 0 aromatic carbocycles. The lowest BCUT2D eigenvalue weighted by atomic mass is 9.79. The number of rotatable bonds is 5. The van der Waals surface area contributed by atoms with Crippen LogP contribution in [0.3, 0.4) is 0 Å². The first-order valence-corrected chi connectivity index (χ1v) is 10.9. The fourth-order valence-corrected chi connectivity index (χ4v) is 4.51. The summed E-state index contributed by atoms with van der Waals surface area (Å²) >= 11 is 0. The molecular formula is C22H36N4O4. The largest absolute Gasteiger partial charge is 0.444 e. The van der Waals surface area contributed by atoms with E-state index < -0.39 is 23.5 Å². The molecule has 2 heterocycles. The van der Waals surface area contributed by atoms with Gasteiger partial charge in [-0.3, -0.25) is 9.69 Å². The molecule has 0 bridgehead atoms. The summed E-state index contributed by atoms with van der Waals surface area (Å²) in [6, 6.07) is 0. The van der Waals surface area contributed by atoms with Gasteiger partial charge in [0.2, 0.25) is 5.91 Å². The molecule has 2 fully saturated rings. The number of nitrogens with zero attached hydrogens (tertiary/aromatic N) is 2. The molecule has 2 unspecified atom stereocenters. The van der Waals surface area contributed by atoms with Crippen molar-refractivity contribution >= 4 is 12.0 Å². The minimum Gasteiger partial charge on any atom is -0.444 e. The fraction of sp³-hybridized carbons (Fsp3) is 0.727. The third-order valence-corrected chi connectivity index (χ3v) is 5.98. The summed E-state index contributed by atoms with van der Waals surface area (Å²) in [7, 11) is 0. The number of carbonyl (C=O) groups excluding carboxylic acids is 2. The second kappa shape index (κ2) is 9.08. The Hall–Kier alpha value is -1.90. The molecule has 168 valence electrons. The Morgan fingerprint density at radius 2 is 2.03 bits per heavy atom. The Bertz CT molecular complexity index is 708. The van der Waals surface area contributed by atoms with Crippen molar-refractivity contribution in [3.63, 3.8) is 0 Å². The van der Waals surface area contributed by atoms with Gasteiger partial charge in [-0.1, -0.05) is 23.8 Å². The highest BCUT2D eigenvalue weighted by atomic mass is 16.6. The first-order valence-electron chi connectivity index (χ1n) is 10.9. The Balaban J connectivity index is 1.54. The number of nitrogens with two attached hydrogens (primary N) is 1. The van der Waals surface area contributed by atoms with E-state index in [0.717, 1.165) is 26.1 Å². The van der Waals surface area contributed by atoms with Crippen LogP contribution in [-0.4, -0.2) is 77.0 Å². The lowest BCUT2D eigenvalue weighted by Gasteiger charge is -2.33. The molecule has 2 amide bonds. The Morgan fingerprint density at radius 1 is 1.33 bits per heavy atom. The summed E-state index contributed by atoms with van der Waals surface area (Å²) in [5, 5.41) is 13.8. The molecule has 2 aliphatic heterocycles. The SMILES string of the molecule is CC(C)(C)OC(=O)NCC(=O)N1C[C@](O)(C2C=CC=C(CN3CCCC3)C2)CC1N. The molecule has 0 radical (unpaired) electrons. The number of hydrogen-bond acceptors (Lipinski definition) is 6. The van der Waals surface area contributed by atoms with Crippen LogP contribution in [0.25, 0.3) is 0 Å². The first kappa shape index (κ1) is 22.8. The predicted molar refractivity (Wildman–Crippen MR) is 114 cm³/mol. The van der Waals surface area contributed by atoms with Gasteiger partial charge in [0.15, 0.2) is 0 Å². The van der Waals surface area contributed by atoms with Gasteiger partial charge in [0.1, 0.15) is 12.1 Å². The summed E-state index contributed by atoms with van der Waals surface area (Å²) in [6.45, 7) is 8.43. The number of carbonyl (C=O) groups is 2. The molecule has 3 aliphatic rings. The van der Waals surface area contributed by atoms with Crippen LogP contribution in [-0.2, 0) is 9.53 Å². The summed E-state index contributed by atoms with van der Waals surface area (Å²) < 4.78 is 5.16. The van der Waals surface area contributed by atoms with Crippen LogP contribution in [0.15, 0.2) is 23.8 Å². The van der Waals surface area contributed by atoms with E-state index in [1.54, 1.807) is 20.8 Å². The second-order valence-corrected chi connectivity index (χ2v) is 9.76. The van der Waals surface area contributed by atoms with E-state index in [0.29, 0.717) is 6.42 Å². The van der Waals surface area contributed by atoms with Crippen molar-refractivity contribution in [3.8, 4) is 0 Å². The van der Waals surface area contributed by atoms with Crippen molar-refractivity contribution in [1.82, 2.24) is 15.1 Å². The van der Waals surface area contributed by atoms with Crippen molar-refractivity contribution in [2.24, 2.45) is 11.7 Å². The lowest BCUT2D eigenvalue weighted by Crippen LogP contribution is -2.48. The van der Waals surface area contributed by atoms with Crippen molar-refractivity contribution in [2.75, 3.05) is 32.7 Å². The molecule has 3 rings (SSSR count). The van der Waals surface area contributed by atoms with Crippen LogP contribution in [0.5, 0.6) is 0 Å². The quantitative estimate of drug-likeness (QED) is 0.620. The van der Waals surface area contributed by atoms with Gasteiger partial charge in [0.25, 0.3) is 0 Å². The summed E-state index contributed by atoms with van der Waals surface area (Å²) in [5.41, 5.74) is 5.80. The summed E-state index contributed by atoms with van der Waals surface area (Å²) in [5.74, 6) is -0.403. The topological polar surface area (TPSA) is 108 Å². The number of likely N-dealkylation sites (tertiary alicyclic amines) is 2. The Morgan fingerprint density at radius 3 is 2.70 bits per heavy atom. The third-order valence-electron chi connectivity index (χ3n) is 5.98.